The van der Waals surface area contributed by atoms with Crippen LogP contribution >= 0.6 is 15.9 Å². The zero-order valence-corrected chi connectivity index (χ0v) is 18.6. The molecule has 0 amide bonds. The van der Waals surface area contributed by atoms with Crippen LogP contribution in [-0.2, 0) is 6.61 Å². The summed E-state index contributed by atoms with van der Waals surface area (Å²) in [5.74, 6) is 2.65. The molecule has 0 saturated heterocycles. The van der Waals surface area contributed by atoms with E-state index in [0.29, 0.717) is 36.9 Å². The van der Waals surface area contributed by atoms with Crippen LogP contribution in [-0.4, -0.2) is 26.1 Å². The van der Waals surface area contributed by atoms with Crippen LogP contribution in [0, 0.1) is 0 Å². The largest absolute Gasteiger partial charge is 0.496 e. The normalized spacial score (nSPS) is 12.6. The van der Waals surface area contributed by atoms with Gasteiger partial charge >= 0.3 is 0 Å². The van der Waals surface area contributed by atoms with Gasteiger partial charge in [0.2, 0.25) is 0 Å². The van der Waals surface area contributed by atoms with E-state index in [-0.39, 0.29) is 5.78 Å². The zero-order valence-electron chi connectivity index (χ0n) is 17.0. The highest BCUT2D eigenvalue weighted by Crippen LogP contribution is 2.31. The highest BCUT2D eigenvalue weighted by atomic mass is 79.9. The second-order valence-electron chi connectivity index (χ2n) is 6.87. The number of halogens is 1. The van der Waals surface area contributed by atoms with Crippen LogP contribution in [0.4, 0.5) is 0 Å². The number of allylic oxidation sites excluding steroid dienone is 1. The molecular weight excluding hydrogens is 460 g/mol. The highest BCUT2D eigenvalue weighted by Gasteiger charge is 2.14. The van der Waals surface area contributed by atoms with Crippen LogP contribution in [0.3, 0.4) is 0 Å². The molecule has 0 aromatic heterocycles. The number of carbonyl (C=O) groups is 1. The Labute approximate surface area is 189 Å². The lowest BCUT2D eigenvalue weighted by molar-refractivity contribution is 0.104. The van der Waals surface area contributed by atoms with Gasteiger partial charge in [-0.2, -0.15) is 0 Å². The van der Waals surface area contributed by atoms with Crippen LogP contribution in [0.25, 0.3) is 6.08 Å². The number of fused-ring (bicyclic) bond motifs is 1. The molecule has 0 aliphatic carbocycles. The Kier molecular flexibility index (Phi) is 6.57. The lowest BCUT2D eigenvalue weighted by atomic mass is 10.1. The Morgan fingerprint density at radius 3 is 2.55 bits per heavy atom. The van der Waals surface area contributed by atoms with Gasteiger partial charge in [-0.25, -0.2) is 0 Å². The number of ether oxygens (including phenoxy) is 4. The Morgan fingerprint density at radius 1 is 1.00 bits per heavy atom. The van der Waals surface area contributed by atoms with Crippen molar-refractivity contribution in [2.24, 2.45) is 0 Å². The van der Waals surface area contributed by atoms with Crippen LogP contribution in [0.5, 0.6) is 23.0 Å². The van der Waals surface area contributed by atoms with Crippen LogP contribution in [0.2, 0.25) is 0 Å². The monoisotopic (exact) mass is 480 g/mol. The molecule has 1 aliphatic rings. The molecule has 1 heterocycles. The van der Waals surface area contributed by atoms with Crippen molar-refractivity contribution in [1.29, 1.82) is 0 Å². The van der Waals surface area contributed by atoms with E-state index in [4.69, 9.17) is 18.9 Å². The summed E-state index contributed by atoms with van der Waals surface area (Å²) in [4.78, 5) is 12.6. The number of hydrogen-bond donors (Lipinski definition) is 0. The van der Waals surface area contributed by atoms with Crippen molar-refractivity contribution in [3.63, 3.8) is 0 Å². The maximum Gasteiger partial charge on any atom is 0.185 e. The maximum atomic E-state index is 12.6. The Balaban J connectivity index is 1.47. The minimum atomic E-state index is -0.111. The first-order chi connectivity index (χ1) is 15.1. The van der Waals surface area contributed by atoms with Crippen LogP contribution in [0.15, 0.2) is 71.2 Å². The number of benzene rings is 3. The van der Waals surface area contributed by atoms with E-state index < -0.39 is 0 Å². The predicted octanol–water partition coefficient (Wildman–Crippen LogP) is 5.70. The van der Waals surface area contributed by atoms with Crippen molar-refractivity contribution in [1.82, 2.24) is 0 Å². The van der Waals surface area contributed by atoms with Crippen molar-refractivity contribution < 1.29 is 23.7 Å². The number of carbonyl (C=O) groups excluding carboxylic acids is 1. The summed E-state index contributed by atoms with van der Waals surface area (Å²) < 4.78 is 23.4. The molecule has 4 rings (SSSR count). The molecule has 0 radical (unpaired) electrons. The highest BCUT2D eigenvalue weighted by molar-refractivity contribution is 9.10. The molecule has 0 atom stereocenters. The third-order valence-corrected chi connectivity index (χ3v) is 5.29. The average Bonchev–Trinajstić information content (AvgIpc) is 2.82. The molecule has 6 heteroatoms. The van der Waals surface area contributed by atoms with E-state index in [2.05, 4.69) is 15.9 Å². The van der Waals surface area contributed by atoms with E-state index >= 15 is 0 Å². The van der Waals surface area contributed by atoms with Crippen molar-refractivity contribution >= 4 is 27.8 Å². The second kappa shape index (κ2) is 9.71. The lowest BCUT2D eigenvalue weighted by Gasteiger charge is -2.18. The summed E-state index contributed by atoms with van der Waals surface area (Å²) in [6.45, 7) is 1.35. The molecule has 31 heavy (non-hydrogen) atoms. The quantitative estimate of drug-likeness (QED) is 0.320. The summed E-state index contributed by atoms with van der Waals surface area (Å²) >= 11 is 3.41. The maximum absolute atomic E-state index is 12.6. The zero-order chi connectivity index (χ0) is 21.6. The van der Waals surface area contributed by atoms with E-state index in [1.54, 1.807) is 37.5 Å². The molecule has 3 aromatic carbocycles. The fraction of sp³-hybridized carbons (Fsp3) is 0.160. The fourth-order valence-corrected chi connectivity index (χ4v) is 3.44. The van der Waals surface area contributed by atoms with Gasteiger partial charge in [0.25, 0.3) is 0 Å². The first-order valence-corrected chi connectivity index (χ1v) is 10.6. The van der Waals surface area contributed by atoms with Crippen molar-refractivity contribution in [3.8, 4) is 23.0 Å². The van der Waals surface area contributed by atoms with Crippen molar-refractivity contribution in [2.75, 3.05) is 20.3 Å². The Morgan fingerprint density at radius 2 is 1.77 bits per heavy atom. The molecule has 0 N–H and O–H groups in total. The van der Waals surface area contributed by atoms with Gasteiger partial charge in [-0.1, -0.05) is 28.1 Å². The van der Waals surface area contributed by atoms with E-state index in [0.717, 1.165) is 27.1 Å². The summed E-state index contributed by atoms with van der Waals surface area (Å²) in [7, 11) is 1.62. The number of rotatable bonds is 7. The Hall–Kier alpha value is -3.25. The van der Waals surface area contributed by atoms with Crippen LogP contribution in [0.1, 0.15) is 21.5 Å². The van der Waals surface area contributed by atoms with Crippen molar-refractivity contribution in [2.45, 2.75) is 6.61 Å². The molecule has 0 fully saturated rings. The topological polar surface area (TPSA) is 54.0 Å². The molecule has 0 spiro atoms. The van der Waals surface area contributed by atoms with Crippen molar-refractivity contribution in [3.05, 3.63) is 87.9 Å². The summed E-state index contributed by atoms with van der Waals surface area (Å²) in [6, 6.07) is 18.6. The summed E-state index contributed by atoms with van der Waals surface area (Å²) in [5, 5.41) is 0. The third kappa shape index (κ3) is 5.27. The Bertz CT molecular complexity index is 1110. The minimum absolute atomic E-state index is 0.111. The van der Waals surface area contributed by atoms with Gasteiger partial charge in [0.15, 0.2) is 17.3 Å². The van der Waals surface area contributed by atoms with Gasteiger partial charge in [-0.05, 0) is 66.2 Å². The molecular formula is C25H21BrO5. The molecule has 0 unspecified atom stereocenters. The molecule has 3 aromatic rings. The molecule has 5 nitrogen and oxygen atoms in total. The first-order valence-electron chi connectivity index (χ1n) is 9.80. The van der Waals surface area contributed by atoms with E-state index in [1.165, 1.54) is 0 Å². The predicted molar refractivity (Wildman–Crippen MR) is 122 cm³/mol. The van der Waals surface area contributed by atoms with E-state index in [9.17, 15) is 4.79 Å². The second-order valence-corrected chi connectivity index (χ2v) is 7.79. The van der Waals surface area contributed by atoms with Gasteiger partial charge in [-0.15, -0.1) is 0 Å². The van der Waals surface area contributed by atoms with Gasteiger partial charge in [0.1, 0.15) is 31.3 Å². The van der Waals surface area contributed by atoms with Gasteiger partial charge in [-0.3, -0.25) is 4.79 Å². The smallest absolute Gasteiger partial charge is 0.185 e. The first kappa shape index (κ1) is 21.0. The SMILES string of the molecule is COc1ccc(/C=C/C(=O)c2ccc3c(c2)OCCO3)cc1COc1ccc(Br)cc1. The summed E-state index contributed by atoms with van der Waals surface area (Å²) in [5.41, 5.74) is 2.31. The van der Waals surface area contributed by atoms with Crippen LogP contribution < -0.4 is 18.9 Å². The third-order valence-electron chi connectivity index (χ3n) is 4.77. The minimum Gasteiger partial charge on any atom is -0.496 e. The van der Waals surface area contributed by atoms with E-state index in [1.807, 2.05) is 42.5 Å². The molecule has 0 saturated carbocycles. The lowest BCUT2D eigenvalue weighted by Crippen LogP contribution is -2.15. The van der Waals surface area contributed by atoms with Gasteiger partial charge < -0.3 is 18.9 Å². The average molecular weight is 481 g/mol. The fourth-order valence-electron chi connectivity index (χ4n) is 3.17. The van der Waals surface area contributed by atoms with Gasteiger partial charge in [0.05, 0.1) is 7.11 Å². The number of methoxy groups -OCH3 is 1. The molecule has 1 aliphatic heterocycles. The summed E-state index contributed by atoms with van der Waals surface area (Å²) in [6.07, 6.45) is 3.33. The molecule has 158 valence electrons. The van der Waals surface area contributed by atoms with Gasteiger partial charge in [0, 0.05) is 15.6 Å². The number of hydrogen-bond acceptors (Lipinski definition) is 5. The number of ketones is 1. The standard InChI is InChI=1S/C25H21BrO5/c1-28-23-10-3-17(14-19(23)16-31-21-7-5-20(26)6-8-21)2-9-22(27)18-4-11-24-25(15-18)30-13-12-29-24/h2-11,14-15H,12-13,16H2,1H3/b9-2+. The molecule has 0 bridgehead atoms.